The Hall–Kier alpha value is -3.08. The van der Waals surface area contributed by atoms with E-state index in [2.05, 4.69) is 11.9 Å². The number of aryl methyl sites for hydroxylation is 1. The smallest absolute Gasteiger partial charge is 0.251 e. The molecule has 2 aromatic rings. The zero-order valence-electron chi connectivity index (χ0n) is 14.8. The molecule has 134 valence electrons. The Balaban J connectivity index is 1.65. The van der Waals surface area contributed by atoms with Crippen LogP contribution in [0, 0.1) is 6.92 Å². The lowest BCUT2D eigenvalue weighted by Gasteiger charge is -2.18. The third-order valence-electron chi connectivity index (χ3n) is 4.24. The maximum atomic E-state index is 12.5. The Morgan fingerprint density at radius 1 is 1.31 bits per heavy atom. The van der Waals surface area contributed by atoms with Crippen LogP contribution in [0.4, 0.5) is 5.69 Å². The van der Waals surface area contributed by atoms with Gasteiger partial charge in [-0.15, -0.1) is 0 Å². The fourth-order valence-electron chi connectivity index (χ4n) is 3.00. The summed E-state index contributed by atoms with van der Waals surface area (Å²) in [5, 5.41) is 2.95. The fraction of sp³-hybridized carbons (Fsp3) is 0.238. The Labute approximate surface area is 153 Å². The van der Waals surface area contributed by atoms with Gasteiger partial charge in [0.1, 0.15) is 12.4 Å². The van der Waals surface area contributed by atoms with Gasteiger partial charge in [0.05, 0.1) is 6.04 Å². The van der Waals surface area contributed by atoms with Crippen molar-refractivity contribution in [2.24, 2.45) is 0 Å². The highest BCUT2D eigenvalue weighted by molar-refractivity contribution is 5.99. The summed E-state index contributed by atoms with van der Waals surface area (Å²) in [6.07, 6.45) is 1.95. The van der Waals surface area contributed by atoms with Crippen LogP contribution in [-0.2, 0) is 4.79 Å². The standard InChI is InChI=1S/C21H22N2O3/c1-3-10-26-19-9-5-7-16(12-19)21(25)22-17-13-20(24)23(14-17)18-8-4-6-15(2)11-18/h3-9,11-12,17H,1,10,13-14H2,2H3,(H,22,25). The number of carbonyl (C=O) groups excluding carboxylic acids is 2. The number of rotatable bonds is 6. The molecule has 0 aliphatic carbocycles. The third-order valence-corrected chi connectivity index (χ3v) is 4.24. The number of hydrogen-bond donors (Lipinski definition) is 1. The SMILES string of the molecule is C=CCOc1cccc(C(=O)NC2CC(=O)N(c3cccc(C)c3)C2)c1. The van der Waals surface area contributed by atoms with Gasteiger partial charge in [0.2, 0.25) is 5.91 Å². The minimum absolute atomic E-state index is 0.0176. The van der Waals surface area contributed by atoms with Crippen LogP contribution in [0.1, 0.15) is 22.3 Å². The summed E-state index contributed by atoms with van der Waals surface area (Å²) in [5.74, 6) is 0.420. The van der Waals surface area contributed by atoms with Gasteiger partial charge in [0, 0.05) is 24.2 Å². The number of nitrogens with one attached hydrogen (secondary N) is 1. The van der Waals surface area contributed by atoms with Gasteiger partial charge in [-0.1, -0.05) is 30.9 Å². The number of carbonyl (C=O) groups is 2. The van der Waals surface area contributed by atoms with Gasteiger partial charge in [-0.2, -0.15) is 0 Å². The minimum Gasteiger partial charge on any atom is -0.490 e. The Morgan fingerprint density at radius 3 is 2.88 bits per heavy atom. The van der Waals surface area contributed by atoms with Crippen LogP contribution in [0.5, 0.6) is 5.75 Å². The van der Waals surface area contributed by atoms with Crippen LogP contribution in [0.25, 0.3) is 0 Å². The van der Waals surface area contributed by atoms with Crippen LogP contribution in [0.3, 0.4) is 0 Å². The normalized spacial score (nSPS) is 16.4. The van der Waals surface area contributed by atoms with Crippen molar-refractivity contribution >= 4 is 17.5 Å². The molecule has 26 heavy (non-hydrogen) atoms. The van der Waals surface area contributed by atoms with Crippen LogP contribution in [-0.4, -0.2) is 31.0 Å². The van der Waals surface area contributed by atoms with E-state index in [9.17, 15) is 9.59 Å². The molecule has 0 bridgehead atoms. The molecule has 1 fully saturated rings. The van der Waals surface area contributed by atoms with Crippen molar-refractivity contribution in [3.05, 3.63) is 72.3 Å². The van der Waals surface area contributed by atoms with Gasteiger partial charge in [-0.05, 0) is 42.8 Å². The van der Waals surface area contributed by atoms with Crippen molar-refractivity contribution < 1.29 is 14.3 Å². The summed E-state index contributed by atoms with van der Waals surface area (Å²) in [7, 11) is 0. The third kappa shape index (κ3) is 4.11. The van der Waals surface area contributed by atoms with E-state index in [1.165, 1.54) is 0 Å². The summed E-state index contributed by atoms with van der Waals surface area (Å²) in [6, 6.07) is 14.6. The van der Waals surface area contributed by atoms with E-state index in [1.54, 1.807) is 35.2 Å². The molecule has 0 radical (unpaired) electrons. The molecule has 1 heterocycles. The van der Waals surface area contributed by atoms with Gasteiger partial charge in [-0.25, -0.2) is 0 Å². The van der Waals surface area contributed by atoms with E-state index in [-0.39, 0.29) is 17.9 Å². The molecule has 2 amide bonds. The van der Waals surface area contributed by atoms with Crippen LogP contribution in [0.15, 0.2) is 61.2 Å². The molecule has 0 spiro atoms. The van der Waals surface area contributed by atoms with E-state index in [0.29, 0.717) is 30.9 Å². The maximum absolute atomic E-state index is 12.5. The first-order chi connectivity index (χ1) is 12.6. The average molecular weight is 350 g/mol. The van der Waals surface area contributed by atoms with E-state index in [4.69, 9.17) is 4.74 Å². The Bertz CT molecular complexity index is 832. The second kappa shape index (κ2) is 7.87. The zero-order valence-corrected chi connectivity index (χ0v) is 14.8. The highest BCUT2D eigenvalue weighted by Gasteiger charge is 2.31. The van der Waals surface area contributed by atoms with Gasteiger partial charge in [0.15, 0.2) is 0 Å². The molecule has 1 unspecified atom stereocenters. The van der Waals surface area contributed by atoms with Gasteiger partial charge < -0.3 is 15.0 Å². The quantitative estimate of drug-likeness (QED) is 0.815. The molecule has 2 aromatic carbocycles. The van der Waals surface area contributed by atoms with Gasteiger partial charge in [0.25, 0.3) is 5.91 Å². The van der Waals surface area contributed by atoms with Crippen molar-refractivity contribution in [1.82, 2.24) is 5.32 Å². The van der Waals surface area contributed by atoms with E-state index in [0.717, 1.165) is 11.3 Å². The Kier molecular flexibility index (Phi) is 5.37. The largest absolute Gasteiger partial charge is 0.490 e. The summed E-state index contributed by atoms with van der Waals surface area (Å²) in [5.41, 5.74) is 2.47. The highest BCUT2D eigenvalue weighted by atomic mass is 16.5. The van der Waals surface area contributed by atoms with E-state index < -0.39 is 0 Å². The number of benzene rings is 2. The van der Waals surface area contributed by atoms with Crippen molar-refractivity contribution in [2.45, 2.75) is 19.4 Å². The molecule has 5 nitrogen and oxygen atoms in total. The number of anilines is 1. The molecule has 0 aromatic heterocycles. The molecule has 1 N–H and O–H groups in total. The predicted octanol–water partition coefficient (Wildman–Crippen LogP) is 3.10. The summed E-state index contributed by atoms with van der Waals surface area (Å²) < 4.78 is 5.46. The number of amides is 2. The monoisotopic (exact) mass is 350 g/mol. The summed E-state index contributed by atoms with van der Waals surface area (Å²) in [6.45, 7) is 6.45. The molecule has 3 rings (SSSR count). The number of ether oxygens (including phenoxy) is 1. The fourth-order valence-corrected chi connectivity index (χ4v) is 3.00. The van der Waals surface area contributed by atoms with Gasteiger partial charge >= 0.3 is 0 Å². The number of hydrogen-bond acceptors (Lipinski definition) is 3. The van der Waals surface area contributed by atoms with Gasteiger partial charge in [-0.3, -0.25) is 9.59 Å². The molecule has 0 saturated carbocycles. The zero-order chi connectivity index (χ0) is 18.5. The molecular formula is C21H22N2O3. The molecule has 1 atom stereocenters. The van der Waals surface area contributed by atoms with Crippen molar-refractivity contribution in [3.63, 3.8) is 0 Å². The first kappa shape index (κ1) is 17.7. The first-order valence-corrected chi connectivity index (χ1v) is 8.58. The maximum Gasteiger partial charge on any atom is 0.251 e. The van der Waals surface area contributed by atoms with Crippen molar-refractivity contribution in [3.8, 4) is 5.75 Å². The predicted molar refractivity (Wildman–Crippen MR) is 102 cm³/mol. The van der Waals surface area contributed by atoms with Crippen LogP contribution < -0.4 is 15.0 Å². The average Bonchev–Trinajstić information content (AvgIpc) is 3.00. The lowest BCUT2D eigenvalue weighted by Crippen LogP contribution is -2.37. The van der Waals surface area contributed by atoms with Crippen molar-refractivity contribution in [2.75, 3.05) is 18.1 Å². The minimum atomic E-state index is -0.215. The first-order valence-electron chi connectivity index (χ1n) is 8.58. The van der Waals surface area contributed by atoms with E-state index in [1.807, 2.05) is 31.2 Å². The molecular weight excluding hydrogens is 328 g/mol. The lowest BCUT2D eigenvalue weighted by atomic mass is 10.1. The van der Waals surface area contributed by atoms with E-state index >= 15 is 0 Å². The van der Waals surface area contributed by atoms with Crippen molar-refractivity contribution in [1.29, 1.82) is 0 Å². The molecule has 1 aliphatic rings. The topological polar surface area (TPSA) is 58.6 Å². The molecule has 1 aliphatic heterocycles. The Morgan fingerprint density at radius 2 is 2.12 bits per heavy atom. The second-order valence-electron chi connectivity index (χ2n) is 6.35. The second-order valence-corrected chi connectivity index (χ2v) is 6.35. The lowest BCUT2D eigenvalue weighted by molar-refractivity contribution is -0.117. The number of nitrogens with zero attached hydrogens (tertiary/aromatic N) is 1. The van der Waals surface area contributed by atoms with Crippen LogP contribution >= 0.6 is 0 Å². The highest BCUT2D eigenvalue weighted by Crippen LogP contribution is 2.23. The van der Waals surface area contributed by atoms with Crippen LogP contribution in [0.2, 0.25) is 0 Å². The summed E-state index contributed by atoms with van der Waals surface area (Å²) in [4.78, 5) is 26.6. The summed E-state index contributed by atoms with van der Waals surface area (Å²) >= 11 is 0. The molecule has 5 heteroatoms. The molecule has 1 saturated heterocycles.